The van der Waals surface area contributed by atoms with Gasteiger partial charge in [-0.1, -0.05) is 51.5 Å². The summed E-state index contributed by atoms with van der Waals surface area (Å²) < 4.78 is 19.5. The van der Waals surface area contributed by atoms with Crippen molar-refractivity contribution < 1.29 is 14.0 Å². The Morgan fingerprint density at radius 1 is 1.15 bits per heavy atom. The number of aromatic nitrogens is 6. The Morgan fingerprint density at radius 2 is 1.95 bits per heavy atom. The van der Waals surface area contributed by atoms with E-state index in [0.717, 1.165) is 53.1 Å². The Balaban J connectivity index is 1.57. The molecule has 1 aliphatic carbocycles. The van der Waals surface area contributed by atoms with E-state index in [0.29, 0.717) is 35.5 Å². The van der Waals surface area contributed by atoms with Gasteiger partial charge in [0.1, 0.15) is 23.1 Å². The number of hydrogen-bond acceptors (Lipinski definition) is 8. The molecule has 39 heavy (non-hydrogen) atoms. The van der Waals surface area contributed by atoms with Gasteiger partial charge in [0.15, 0.2) is 5.65 Å². The minimum Gasteiger partial charge on any atom is -0.381 e. The number of halogens is 2. The average molecular weight is 665 g/mol. The van der Waals surface area contributed by atoms with Crippen LogP contribution in [0.1, 0.15) is 50.5 Å². The number of nitrogens with one attached hydrogen (secondary N) is 1. The summed E-state index contributed by atoms with van der Waals surface area (Å²) in [4.78, 5) is 29.0. The predicted molar refractivity (Wildman–Crippen MR) is 155 cm³/mol. The zero-order valence-corrected chi connectivity index (χ0v) is 24.5. The molecular formula is C27H30ClIN6O4. The van der Waals surface area contributed by atoms with Crippen molar-refractivity contribution in [1.82, 2.24) is 29.7 Å². The molecule has 0 bridgehead atoms. The molecular weight excluding hydrogens is 635 g/mol. The van der Waals surface area contributed by atoms with Gasteiger partial charge in [-0.2, -0.15) is 0 Å². The predicted octanol–water partition coefficient (Wildman–Crippen LogP) is 5.60. The normalized spacial score (nSPS) is 21.4. The molecule has 12 heteroatoms. The third-order valence-corrected chi connectivity index (χ3v) is 9.28. The lowest BCUT2D eigenvalue weighted by Gasteiger charge is -2.31. The molecule has 1 unspecified atom stereocenters. The molecule has 1 aromatic carbocycles. The Kier molecular flexibility index (Phi) is 8.01. The molecule has 2 fully saturated rings. The number of methoxy groups -OCH3 is 1. The SMILES string of the molecule is COC(c1nc2nc(-c3noc(=O)[nH]3)nc(-c3cccc(Cl)c3)c2n1C[C@H]1CC[C@H](I)CC1)C1CCOCC1. The maximum absolute atomic E-state index is 11.7. The summed E-state index contributed by atoms with van der Waals surface area (Å²) in [6.07, 6.45) is 6.33. The van der Waals surface area contributed by atoms with Gasteiger partial charge < -0.3 is 14.0 Å². The zero-order valence-electron chi connectivity index (χ0n) is 21.6. The van der Waals surface area contributed by atoms with E-state index in [4.69, 9.17) is 40.5 Å². The van der Waals surface area contributed by atoms with Crippen molar-refractivity contribution in [3.63, 3.8) is 0 Å². The standard InChI is InChI=1S/C27H30ClIN6O4/c1-37-22(16-9-11-38-12-10-16)26-32-23-21(35(26)14-15-5-7-19(29)8-6-15)20(17-3-2-4-18(28)13-17)30-24(31-23)25-33-27(36)39-34-25/h2-4,13,15-16,19,22H,5-12,14H2,1H3,(H,33,34,36)/t15-,19-,22?. The van der Waals surface area contributed by atoms with Crippen molar-refractivity contribution in [2.75, 3.05) is 20.3 Å². The van der Waals surface area contributed by atoms with Gasteiger partial charge in [-0.15, -0.1) is 0 Å². The van der Waals surface area contributed by atoms with Crippen molar-refractivity contribution in [3.05, 3.63) is 45.7 Å². The molecule has 3 aromatic heterocycles. The summed E-state index contributed by atoms with van der Waals surface area (Å²) >= 11 is 8.99. The van der Waals surface area contributed by atoms with E-state index in [1.807, 2.05) is 24.3 Å². The van der Waals surface area contributed by atoms with Crippen LogP contribution in [0.3, 0.4) is 0 Å². The van der Waals surface area contributed by atoms with Crippen molar-refractivity contribution in [2.45, 2.75) is 55.1 Å². The summed E-state index contributed by atoms with van der Waals surface area (Å²) in [5, 5.41) is 4.43. The van der Waals surface area contributed by atoms with E-state index in [1.54, 1.807) is 7.11 Å². The van der Waals surface area contributed by atoms with Gasteiger partial charge in [0.25, 0.3) is 0 Å². The summed E-state index contributed by atoms with van der Waals surface area (Å²) in [6.45, 7) is 2.22. The van der Waals surface area contributed by atoms with Gasteiger partial charge in [-0.3, -0.25) is 9.51 Å². The minimum absolute atomic E-state index is 0.148. The first-order chi connectivity index (χ1) is 19.0. The lowest BCUT2D eigenvalue weighted by Crippen LogP contribution is -2.27. The van der Waals surface area contributed by atoms with Crippen LogP contribution in [-0.4, -0.2) is 53.9 Å². The van der Waals surface area contributed by atoms with Crippen LogP contribution in [0.25, 0.3) is 34.1 Å². The van der Waals surface area contributed by atoms with Gasteiger partial charge >= 0.3 is 5.76 Å². The smallest absolute Gasteiger partial charge is 0.381 e. The molecule has 4 aromatic rings. The largest absolute Gasteiger partial charge is 0.439 e. The fourth-order valence-electron chi connectivity index (χ4n) is 5.81. The van der Waals surface area contributed by atoms with Gasteiger partial charge in [-0.05, 0) is 62.5 Å². The fourth-order valence-corrected chi connectivity index (χ4v) is 6.72. The maximum atomic E-state index is 11.7. The average Bonchev–Trinajstić information content (AvgIpc) is 3.54. The number of nitrogens with zero attached hydrogens (tertiary/aromatic N) is 5. The summed E-state index contributed by atoms with van der Waals surface area (Å²) in [7, 11) is 1.75. The van der Waals surface area contributed by atoms with Crippen LogP contribution in [0, 0.1) is 11.8 Å². The number of alkyl halides is 1. The Labute approximate surface area is 244 Å². The first-order valence-corrected chi connectivity index (χ1v) is 15.0. The lowest BCUT2D eigenvalue weighted by atomic mass is 9.88. The maximum Gasteiger partial charge on any atom is 0.439 e. The number of imidazole rings is 1. The van der Waals surface area contributed by atoms with Crippen molar-refractivity contribution >= 4 is 45.4 Å². The Hall–Kier alpha value is -2.35. The zero-order chi connectivity index (χ0) is 26.9. The monoisotopic (exact) mass is 664 g/mol. The van der Waals surface area contributed by atoms with Crippen LogP contribution >= 0.6 is 34.2 Å². The molecule has 4 heterocycles. The van der Waals surface area contributed by atoms with Gasteiger partial charge in [0, 0.05) is 41.4 Å². The van der Waals surface area contributed by atoms with E-state index in [1.165, 1.54) is 12.8 Å². The Bertz CT molecular complexity index is 1510. The Morgan fingerprint density at radius 3 is 2.64 bits per heavy atom. The third-order valence-electron chi connectivity index (χ3n) is 7.80. The van der Waals surface area contributed by atoms with E-state index < -0.39 is 5.76 Å². The van der Waals surface area contributed by atoms with Crippen LogP contribution in [0.2, 0.25) is 5.02 Å². The highest BCUT2D eigenvalue weighted by Gasteiger charge is 2.33. The number of rotatable bonds is 7. The highest BCUT2D eigenvalue weighted by molar-refractivity contribution is 14.1. The van der Waals surface area contributed by atoms with Gasteiger partial charge in [0.05, 0.1) is 0 Å². The molecule has 1 saturated heterocycles. The third kappa shape index (κ3) is 5.63. The van der Waals surface area contributed by atoms with E-state index >= 15 is 0 Å². The summed E-state index contributed by atoms with van der Waals surface area (Å²) in [5.41, 5.74) is 2.84. The second-order valence-electron chi connectivity index (χ2n) is 10.3. The molecule has 2 aliphatic rings. The molecule has 1 atom stereocenters. The number of benzene rings is 1. The highest BCUT2D eigenvalue weighted by Crippen LogP contribution is 2.39. The first kappa shape index (κ1) is 26.9. The molecule has 1 saturated carbocycles. The molecule has 0 radical (unpaired) electrons. The lowest BCUT2D eigenvalue weighted by molar-refractivity contribution is -0.0199. The second kappa shape index (κ2) is 11.6. The number of H-pyrrole nitrogens is 1. The van der Waals surface area contributed by atoms with Crippen molar-refractivity contribution in [3.8, 4) is 22.9 Å². The van der Waals surface area contributed by atoms with Gasteiger partial charge in [-0.25, -0.2) is 19.7 Å². The summed E-state index contributed by atoms with van der Waals surface area (Å²) in [5.74, 6) is 1.34. The topological polar surface area (TPSA) is 121 Å². The quantitative estimate of drug-likeness (QED) is 0.200. The number of hydrogen-bond donors (Lipinski definition) is 1. The van der Waals surface area contributed by atoms with Crippen molar-refractivity contribution in [1.29, 1.82) is 0 Å². The van der Waals surface area contributed by atoms with Gasteiger partial charge in [0.2, 0.25) is 11.6 Å². The van der Waals surface area contributed by atoms with E-state index in [-0.39, 0.29) is 23.7 Å². The molecule has 1 aliphatic heterocycles. The minimum atomic E-state index is -0.672. The first-order valence-electron chi connectivity index (χ1n) is 13.3. The van der Waals surface area contributed by atoms with Crippen LogP contribution in [0.5, 0.6) is 0 Å². The molecule has 0 amide bonds. The van der Waals surface area contributed by atoms with Crippen LogP contribution in [0.4, 0.5) is 0 Å². The fraction of sp³-hybridized carbons (Fsp3) is 0.519. The molecule has 0 spiro atoms. The van der Waals surface area contributed by atoms with E-state index in [2.05, 4.69) is 37.3 Å². The number of aromatic amines is 1. The van der Waals surface area contributed by atoms with E-state index in [9.17, 15) is 4.79 Å². The van der Waals surface area contributed by atoms with Crippen molar-refractivity contribution in [2.24, 2.45) is 11.8 Å². The molecule has 10 nitrogen and oxygen atoms in total. The molecule has 206 valence electrons. The molecule has 6 rings (SSSR count). The number of ether oxygens (including phenoxy) is 2. The number of fused-ring (bicyclic) bond motifs is 1. The van der Waals surface area contributed by atoms with Crippen LogP contribution in [-0.2, 0) is 16.0 Å². The highest BCUT2D eigenvalue weighted by atomic mass is 127. The second-order valence-corrected chi connectivity index (χ2v) is 12.5. The van der Waals surface area contributed by atoms with Crippen LogP contribution < -0.4 is 5.76 Å². The van der Waals surface area contributed by atoms with Crippen LogP contribution in [0.15, 0.2) is 33.6 Å². The molecule has 1 N–H and O–H groups in total. The summed E-state index contributed by atoms with van der Waals surface area (Å²) in [6, 6.07) is 7.57.